The molecule has 2 heteroatoms. The summed E-state index contributed by atoms with van der Waals surface area (Å²) in [5.41, 5.74) is 0. The molecule has 67 valence electrons. The van der Waals surface area contributed by atoms with E-state index in [1.54, 1.807) is 0 Å². The summed E-state index contributed by atoms with van der Waals surface area (Å²) in [7, 11) is -1.32. The van der Waals surface area contributed by atoms with Gasteiger partial charge in [0.2, 0.25) is 0 Å². The van der Waals surface area contributed by atoms with E-state index in [0.717, 1.165) is 6.10 Å². The molecule has 0 atom stereocenters. The third kappa shape index (κ3) is 6.57. The molecule has 1 radical (unpaired) electrons. The molecule has 11 heavy (non-hydrogen) atoms. The number of hydrogen-bond donors (Lipinski definition) is 0. The lowest BCUT2D eigenvalue weighted by atomic mass is 10.4. The van der Waals surface area contributed by atoms with Crippen molar-refractivity contribution < 1.29 is 4.43 Å². The van der Waals surface area contributed by atoms with Crippen molar-refractivity contribution in [3.8, 4) is 0 Å². The molecule has 0 aromatic heterocycles. The lowest BCUT2D eigenvalue weighted by Gasteiger charge is -2.24. The molecule has 0 unspecified atom stereocenters. The van der Waals surface area contributed by atoms with Crippen LogP contribution in [-0.4, -0.2) is 8.32 Å². The summed E-state index contributed by atoms with van der Waals surface area (Å²) in [6.07, 6.45) is 3.72. The molecular weight excluding hydrogens is 152 g/mol. The fourth-order valence-corrected chi connectivity index (χ4v) is 3.62. The van der Waals surface area contributed by atoms with Crippen LogP contribution in [0.1, 0.15) is 33.6 Å². The first-order chi connectivity index (χ1) is 4.98. The normalized spacial score (nSPS) is 12.5. The van der Waals surface area contributed by atoms with Crippen LogP contribution >= 0.6 is 0 Å². The fraction of sp³-hybridized carbons (Fsp3) is 0.889. The van der Waals surface area contributed by atoms with Gasteiger partial charge in [0.15, 0.2) is 8.32 Å². The fourth-order valence-electron chi connectivity index (χ4n) is 1.21. The predicted molar refractivity (Wildman–Crippen MR) is 52.9 cm³/mol. The standard InChI is InChI=1S/C9H21OSi/c1-6-7-8-11(4,5)10-9(2)3/h6-8H2,1-5H3. The summed E-state index contributed by atoms with van der Waals surface area (Å²) in [5, 5.41) is 0. The van der Waals surface area contributed by atoms with Crippen molar-refractivity contribution in [2.24, 2.45) is 0 Å². The van der Waals surface area contributed by atoms with Crippen LogP contribution in [-0.2, 0) is 4.43 Å². The van der Waals surface area contributed by atoms with Crippen LogP contribution in [0.2, 0.25) is 19.1 Å². The molecule has 0 aliphatic rings. The number of unbranched alkanes of at least 4 members (excludes halogenated alkanes) is 1. The molecule has 0 saturated heterocycles. The lowest BCUT2D eigenvalue weighted by Crippen LogP contribution is -2.30. The molecule has 0 saturated carbocycles. The Morgan fingerprint density at radius 1 is 1.27 bits per heavy atom. The molecule has 0 aliphatic heterocycles. The van der Waals surface area contributed by atoms with Gasteiger partial charge in [-0.05, 0) is 33.0 Å². The summed E-state index contributed by atoms with van der Waals surface area (Å²) in [5.74, 6) is 0. The van der Waals surface area contributed by atoms with Gasteiger partial charge in [-0.2, -0.15) is 0 Å². The second-order valence-electron chi connectivity index (χ2n) is 3.87. The van der Waals surface area contributed by atoms with Crippen molar-refractivity contribution in [2.75, 3.05) is 0 Å². The highest BCUT2D eigenvalue weighted by molar-refractivity contribution is 6.71. The summed E-state index contributed by atoms with van der Waals surface area (Å²) in [6, 6.07) is 1.29. The zero-order valence-electron chi connectivity index (χ0n) is 8.53. The maximum atomic E-state index is 5.80. The van der Waals surface area contributed by atoms with Crippen molar-refractivity contribution in [3.63, 3.8) is 0 Å². The van der Waals surface area contributed by atoms with Gasteiger partial charge in [-0.3, -0.25) is 0 Å². The van der Waals surface area contributed by atoms with E-state index in [1.165, 1.54) is 18.9 Å². The van der Waals surface area contributed by atoms with Gasteiger partial charge >= 0.3 is 0 Å². The molecule has 0 aromatic rings. The minimum Gasteiger partial charge on any atom is -0.410 e. The van der Waals surface area contributed by atoms with Gasteiger partial charge in [0, 0.05) is 0 Å². The molecule has 0 N–H and O–H groups in total. The van der Waals surface area contributed by atoms with E-state index in [4.69, 9.17) is 4.43 Å². The van der Waals surface area contributed by atoms with Gasteiger partial charge in [-0.15, -0.1) is 0 Å². The Bertz CT molecular complexity index is 99.7. The smallest absolute Gasteiger partial charge is 0.187 e. The van der Waals surface area contributed by atoms with Gasteiger partial charge in [0.05, 0.1) is 6.10 Å². The van der Waals surface area contributed by atoms with Crippen LogP contribution in [0, 0.1) is 6.10 Å². The van der Waals surface area contributed by atoms with E-state index < -0.39 is 8.32 Å². The van der Waals surface area contributed by atoms with Crippen LogP contribution in [0.15, 0.2) is 0 Å². The van der Waals surface area contributed by atoms with Crippen LogP contribution in [0.3, 0.4) is 0 Å². The lowest BCUT2D eigenvalue weighted by molar-refractivity contribution is 0.333. The first-order valence-corrected chi connectivity index (χ1v) is 7.58. The Morgan fingerprint density at radius 2 is 1.82 bits per heavy atom. The van der Waals surface area contributed by atoms with Gasteiger partial charge in [-0.1, -0.05) is 19.8 Å². The average Bonchev–Trinajstić information content (AvgIpc) is 1.81. The Kier molecular flexibility index (Phi) is 5.02. The number of rotatable bonds is 5. The van der Waals surface area contributed by atoms with Gasteiger partial charge in [-0.25, -0.2) is 0 Å². The second kappa shape index (κ2) is 4.94. The molecule has 0 bridgehead atoms. The first kappa shape index (κ1) is 11.2. The Labute approximate surface area is 72.3 Å². The van der Waals surface area contributed by atoms with E-state index in [2.05, 4.69) is 20.0 Å². The Morgan fingerprint density at radius 3 is 2.18 bits per heavy atom. The minimum atomic E-state index is -1.32. The van der Waals surface area contributed by atoms with Crippen molar-refractivity contribution in [2.45, 2.75) is 52.8 Å². The van der Waals surface area contributed by atoms with E-state index in [9.17, 15) is 0 Å². The molecule has 0 aliphatic carbocycles. The zero-order chi connectivity index (χ0) is 8.91. The largest absolute Gasteiger partial charge is 0.410 e. The predicted octanol–water partition coefficient (Wildman–Crippen LogP) is 3.58. The van der Waals surface area contributed by atoms with E-state index >= 15 is 0 Å². The SMILES string of the molecule is CCCC[Si](C)(C)O[C](C)C. The third-order valence-corrected chi connectivity index (χ3v) is 4.13. The molecule has 1 nitrogen and oxygen atoms in total. The van der Waals surface area contributed by atoms with Crippen molar-refractivity contribution in [3.05, 3.63) is 6.10 Å². The van der Waals surface area contributed by atoms with Crippen molar-refractivity contribution in [1.29, 1.82) is 0 Å². The summed E-state index contributed by atoms with van der Waals surface area (Å²) >= 11 is 0. The molecule has 0 rings (SSSR count). The molecule has 0 fully saturated rings. The Hall–Kier alpha value is 0.177. The van der Waals surface area contributed by atoms with Crippen molar-refractivity contribution >= 4 is 8.32 Å². The summed E-state index contributed by atoms with van der Waals surface area (Å²) < 4.78 is 5.80. The van der Waals surface area contributed by atoms with E-state index in [-0.39, 0.29) is 0 Å². The first-order valence-electron chi connectivity index (χ1n) is 4.47. The molecule has 0 spiro atoms. The molecule has 0 amide bonds. The van der Waals surface area contributed by atoms with Crippen LogP contribution in [0.5, 0.6) is 0 Å². The maximum Gasteiger partial charge on any atom is 0.187 e. The van der Waals surface area contributed by atoms with Gasteiger partial charge in [0.25, 0.3) is 0 Å². The van der Waals surface area contributed by atoms with Crippen LogP contribution < -0.4 is 0 Å². The Balaban J connectivity index is 3.61. The van der Waals surface area contributed by atoms with Gasteiger partial charge in [0.1, 0.15) is 0 Å². The quantitative estimate of drug-likeness (QED) is 0.577. The minimum absolute atomic E-state index is 1.12. The highest BCUT2D eigenvalue weighted by Gasteiger charge is 2.22. The van der Waals surface area contributed by atoms with E-state index in [0.29, 0.717) is 0 Å². The maximum absolute atomic E-state index is 5.80. The summed E-state index contributed by atoms with van der Waals surface area (Å²) in [4.78, 5) is 0. The van der Waals surface area contributed by atoms with Crippen LogP contribution in [0.25, 0.3) is 0 Å². The average molecular weight is 173 g/mol. The van der Waals surface area contributed by atoms with Gasteiger partial charge < -0.3 is 4.43 Å². The zero-order valence-corrected chi connectivity index (χ0v) is 9.53. The molecular formula is C9H21OSi. The second-order valence-corrected chi connectivity index (χ2v) is 8.10. The highest BCUT2D eigenvalue weighted by atomic mass is 28.4. The topological polar surface area (TPSA) is 9.23 Å². The third-order valence-electron chi connectivity index (χ3n) is 1.61. The summed E-state index contributed by atoms with van der Waals surface area (Å²) in [6.45, 7) is 10.9. The molecule has 0 aromatic carbocycles. The van der Waals surface area contributed by atoms with Crippen LogP contribution in [0.4, 0.5) is 0 Å². The monoisotopic (exact) mass is 173 g/mol. The van der Waals surface area contributed by atoms with Crippen molar-refractivity contribution in [1.82, 2.24) is 0 Å². The highest BCUT2D eigenvalue weighted by Crippen LogP contribution is 2.19. The molecule has 0 heterocycles. The van der Waals surface area contributed by atoms with E-state index in [1.807, 2.05) is 13.8 Å². The number of hydrogen-bond acceptors (Lipinski definition) is 1.